The number of hydrogen-bond acceptors (Lipinski definition) is 5. The molecule has 0 spiro atoms. The van der Waals surface area contributed by atoms with Crippen LogP contribution in [0.3, 0.4) is 0 Å². The topological polar surface area (TPSA) is 63.3 Å². The number of aromatic nitrogens is 4. The summed E-state index contributed by atoms with van der Waals surface area (Å²) >= 11 is 1.21. The maximum Gasteiger partial charge on any atom is 0.452 e. The summed E-state index contributed by atoms with van der Waals surface area (Å²) in [4.78, 5) is 4.39. The first-order valence-electron chi connectivity index (χ1n) is 6.94. The van der Waals surface area contributed by atoms with E-state index in [4.69, 9.17) is 0 Å². The molecule has 0 unspecified atom stereocenters. The molecule has 1 aromatic carbocycles. The molecule has 23 heavy (non-hydrogen) atoms. The molecule has 0 amide bonds. The van der Waals surface area contributed by atoms with Crippen molar-refractivity contribution >= 4 is 28.4 Å². The van der Waals surface area contributed by atoms with Crippen LogP contribution in [0, 0.1) is 0 Å². The average Bonchev–Trinajstić information content (AvgIpc) is 3.06. The molecule has 1 saturated carbocycles. The summed E-state index contributed by atoms with van der Waals surface area (Å²) in [6, 6.07) is 6.55. The van der Waals surface area contributed by atoms with Gasteiger partial charge >= 0.3 is 6.18 Å². The molecule has 4 rings (SSSR count). The first-order chi connectivity index (χ1) is 10.9. The van der Waals surface area contributed by atoms with Gasteiger partial charge in [-0.3, -0.25) is 4.40 Å². The zero-order valence-corrected chi connectivity index (χ0v) is 12.5. The maximum absolute atomic E-state index is 13.2. The Kier molecular flexibility index (Phi) is 3.08. The minimum atomic E-state index is -4.61. The number of rotatable bonds is 3. The highest BCUT2D eigenvalue weighted by molar-refractivity contribution is 7.99. The third kappa shape index (κ3) is 2.53. The van der Waals surface area contributed by atoms with Gasteiger partial charge in [-0.15, -0.1) is 10.2 Å². The van der Waals surface area contributed by atoms with Gasteiger partial charge in [0.15, 0.2) is 5.65 Å². The smallest absolute Gasteiger partial charge is 0.389 e. The predicted molar refractivity (Wildman–Crippen MR) is 78.2 cm³/mol. The number of thioether (sulfide) groups is 1. The summed E-state index contributed by atoms with van der Waals surface area (Å²) in [7, 11) is 0. The van der Waals surface area contributed by atoms with Crippen molar-refractivity contribution in [3.63, 3.8) is 0 Å². The van der Waals surface area contributed by atoms with Gasteiger partial charge in [0.25, 0.3) is 0 Å². The Morgan fingerprint density at radius 3 is 2.65 bits per heavy atom. The Hall–Kier alpha value is -1.87. The second kappa shape index (κ2) is 4.81. The van der Waals surface area contributed by atoms with E-state index in [1.165, 1.54) is 11.8 Å². The van der Waals surface area contributed by atoms with Crippen LogP contribution in [0.15, 0.2) is 29.3 Å². The molecule has 1 N–H and O–H groups in total. The van der Waals surface area contributed by atoms with Crippen molar-refractivity contribution in [3.05, 3.63) is 30.1 Å². The van der Waals surface area contributed by atoms with E-state index in [1.54, 1.807) is 24.3 Å². The highest BCUT2D eigenvalue weighted by atomic mass is 32.2. The SMILES string of the molecule is OC1(CSc2nc3ccccc3n3c(C(F)(F)F)nnc23)CC1. The van der Waals surface area contributed by atoms with Crippen molar-refractivity contribution < 1.29 is 18.3 Å². The molecule has 0 radical (unpaired) electrons. The highest BCUT2D eigenvalue weighted by Gasteiger charge is 2.41. The van der Waals surface area contributed by atoms with Gasteiger partial charge in [-0.1, -0.05) is 23.9 Å². The first kappa shape index (κ1) is 14.7. The molecule has 0 saturated heterocycles. The molecule has 0 aliphatic heterocycles. The molecule has 1 aliphatic rings. The van der Waals surface area contributed by atoms with E-state index >= 15 is 0 Å². The molecule has 0 atom stereocenters. The number of aliphatic hydroxyl groups is 1. The molecule has 9 heteroatoms. The largest absolute Gasteiger partial charge is 0.452 e. The van der Waals surface area contributed by atoms with Crippen LogP contribution in [0.25, 0.3) is 16.7 Å². The summed E-state index contributed by atoms with van der Waals surface area (Å²) in [6.45, 7) is 0. The number of hydrogen-bond donors (Lipinski definition) is 1. The molecule has 1 fully saturated rings. The standard InChI is InChI=1S/C14H11F3N4OS/c15-14(16,17)12-20-19-10-11(23-7-13(22)5-6-13)18-8-3-1-2-4-9(8)21(10)12/h1-4,22H,5-7H2. The van der Waals surface area contributed by atoms with E-state index < -0.39 is 17.6 Å². The van der Waals surface area contributed by atoms with Crippen molar-refractivity contribution in [2.45, 2.75) is 29.6 Å². The van der Waals surface area contributed by atoms with Crippen LogP contribution in [0.1, 0.15) is 18.7 Å². The molecular weight excluding hydrogens is 329 g/mol. The lowest BCUT2D eigenvalue weighted by atomic mass is 10.3. The third-order valence-electron chi connectivity index (χ3n) is 3.76. The first-order valence-corrected chi connectivity index (χ1v) is 7.92. The lowest BCUT2D eigenvalue weighted by molar-refractivity contribution is -0.145. The van der Waals surface area contributed by atoms with E-state index in [2.05, 4.69) is 15.2 Å². The zero-order valence-electron chi connectivity index (χ0n) is 11.7. The number of nitrogens with zero attached hydrogens (tertiary/aromatic N) is 4. The maximum atomic E-state index is 13.2. The molecule has 5 nitrogen and oxygen atoms in total. The second-order valence-electron chi connectivity index (χ2n) is 5.60. The highest BCUT2D eigenvalue weighted by Crippen LogP contribution is 2.41. The molecule has 120 valence electrons. The Morgan fingerprint density at radius 1 is 1.22 bits per heavy atom. The van der Waals surface area contributed by atoms with E-state index in [0.29, 0.717) is 34.7 Å². The van der Waals surface area contributed by atoms with Crippen molar-refractivity contribution in [3.8, 4) is 0 Å². The third-order valence-corrected chi connectivity index (χ3v) is 4.99. The van der Waals surface area contributed by atoms with Crippen molar-refractivity contribution in [2.75, 3.05) is 5.75 Å². The van der Waals surface area contributed by atoms with Gasteiger partial charge in [0.1, 0.15) is 5.03 Å². The Balaban J connectivity index is 1.93. The van der Waals surface area contributed by atoms with Crippen LogP contribution in [-0.4, -0.2) is 36.0 Å². The van der Waals surface area contributed by atoms with E-state index in [0.717, 1.165) is 4.40 Å². The Bertz CT molecular complexity index is 904. The predicted octanol–water partition coefficient (Wildman–Crippen LogP) is 2.91. The van der Waals surface area contributed by atoms with Crippen molar-refractivity contribution in [2.24, 2.45) is 0 Å². The fourth-order valence-electron chi connectivity index (χ4n) is 2.33. The van der Waals surface area contributed by atoms with Crippen LogP contribution in [0.5, 0.6) is 0 Å². The lowest BCUT2D eigenvalue weighted by Gasteiger charge is -2.11. The number of fused-ring (bicyclic) bond motifs is 3. The van der Waals surface area contributed by atoms with Gasteiger partial charge in [-0.25, -0.2) is 4.98 Å². The van der Waals surface area contributed by atoms with Crippen LogP contribution in [0.4, 0.5) is 13.2 Å². The lowest BCUT2D eigenvalue weighted by Crippen LogP contribution is -2.12. The molecule has 2 aromatic heterocycles. The summed E-state index contributed by atoms with van der Waals surface area (Å²) in [5.41, 5.74) is 0.0529. The summed E-state index contributed by atoms with van der Waals surface area (Å²) in [5, 5.41) is 17.3. The van der Waals surface area contributed by atoms with Gasteiger partial charge in [-0.05, 0) is 25.0 Å². The summed E-state index contributed by atoms with van der Waals surface area (Å²) < 4.78 is 40.6. The monoisotopic (exact) mass is 340 g/mol. The fourth-order valence-corrected chi connectivity index (χ4v) is 3.45. The fraction of sp³-hybridized carbons (Fsp3) is 0.357. The molecule has 3 aromatic rings. The normalized spacial score (nSPS) is 17.0. The van der Waals surface area contributed by atoms with E-state index in [9.17, 15) is 18.3 Å². The van der Waals surface area contributed by atoms with Crippen LogP contribution in [0.2, 0.25) is 0 Å². The van der Waals surface area contributed by atoms with Gasteiger partial charge in [0.05, 0.1) is 16.6 Å². The van der Waals surface area contributed by atoms with E-state index in [1.807, 2.05) is 0 Å². The number of benzene rings is 1. The number of halogens is 3. The van der Waals surface area contributed by atoms with Gasteiger partial charge < -0.3 is 5.11 Å². The molecular formula is C14H11F3N4OS. The van der Waals surface area contributed by atoms with Gasteiger partial charge in [0.2, 0.25) is 5.82 Å². The van der Waals surface area contributed by atoms with Crippen LogP contribution >= 0.6 is 11.8 Å². The molecule has 0 bridgehead atoms. The minimum absolute atomic E-state index is 0.0604. The van der Waals surface area contributed by atoms with Crippen molar-refractivity contribution in [1.82, 2.24) is 19.6 Å². The Labute approximate surface area is 132 Å². The summed E-state index contributed by atoms with van der Waals surface area (Å²) in [5.74, 6) is -0.694. The number of para-hydroxylation sites is 2. The molecule has 2 heterocycles. The van der Waals surface area contributed by atoms with Crippen molar-refractivity contribution in [1.29, 1.82) is 0 Å². The minimum Gasteiger partial charge on any atom is -0.389 e. The second-order valence-corrected chi connectivity index (χ2v) is 6.56. The number of alkyl halides is 3. The van der Waals surface area contributed by atoms with Crippen LogP contribution in [-0.2, 0) is 6.18 Å². The van der Waals surface area contributed by atoms with Gasteiger partial charge in [-0.2, -0.15) is 13.2 Å². The van der Waals surface area contributed by atoms with Crippen LogP contribution < -0.4 is 0 Å². The quantitative estimate of drug-likeness (QED) is 0.743. The zero-order chi connectivity index (χ0) is 16.2. The summed E-state index contributed by atoms with van der Waals surface area (Å²) in [6.07, 6.45) is -3.21. The Morgan fingerprint density at radius 2 is 1.96 bits per heavy atom. The molecule has 1 aliphatic carbocycles. The van der Waals surface area contributed by atoms with Gasteiger partial charge in [0, 0.05) is 5.75 Å². The average molecular weight is 340 g/mol. The van der Waals surface area contributed by atoms with E-state index in [-0.39, 0.29) is 5.65 Å².